The van der Waals surface area contributed by atoms with E-state index in [-0.39, 0.29) is 12.1 Å². The first-order chi connectivity index (χ1) is 9.78. The molecule has 1 aromatic rings. The van der Waals surface area contributed by atoms with Crippen molar-refractivity contribution in [2.45, 2.75) is 18.9 Å². The number of carbonyl (C=O) groups excluding carboxylic acids is 1. The molecular weight excluding hydrogens is 260 g/mol. The molecule has 0 unspecified atom stereocenters. The van der Waals surface area contributed by atoms with Crippen molar-refractivity contribution >= 4 is 6.03 Å². The monoisotopic (exact) mass is 278 g/mol. The Morgan fingerprint density at radius 2 is 2.05 bits per heavy atom. The van der Waals surface area contributed by atoms with Gasteiger partial charge in [0.15, 0.2) is 11.5 Å². The van der Waals surface area contributed by atoms with E-state index in [2.05, 4.69) is 15.6 Å². The van der Waals surface area contributed by atoms with Gasteiger partial charge in [0.2, 0.25) is 0 Å². The molecule has 2 amide bonds. The van der Waals surface area contributed by atoms with E-state index in [0.29, 0.717) is 19.1 Å². The van der Waals surface area contributed by atoms with E-state index in [0.717, 1.165) is 29.9 Å². The molecule has 3 rings (SSSR count). The summed E-state index contributed by atoms with van der Waals surface area (Å²) < 4.78 is 11.1. The van der Waals surface area contributed by atoms with Crippen molar-refractivity contribution in [2.75, 3.05) is 20.3 Å². The summed E-state index contributed by atoms with van der Waals surface area (Å²) in [6.07, 6.45) is 2.23. The normalized spacial score (nSPS) is 18.2. The minimum atomic E-state index is -0.334. The highest BCUT2D eigenvalue weighted by atomic mass is 16.6. The summed E-state index contributed by atoms with van der Waals surface area (Å²) in [7, 11) is 1.41. The standard InChI is InChI=1S/C14H18N2O4/c1-18-16-14(17)15-13(9-2-3-9)10-4-5-11-12(8-10)20-7-6-19-11/h4-5,8-9,13H,2-3,6-7H2,1H3,(H2,15,16,17)/t13-/m1/s1. The molecule has 2 N–H and O–H groups in total. The third kappa shape index (κ3) is 2.80. The molecule has 0 spiro atoms. The fourth-order valence-corrected chi connectivity index (χ4v) is 2.42. The summed E-state index contributed by atoms with van der Waals surface area (Å²) in [6, 6.07) is 5.46. The van der Waals surface area contributed by atoms with Crippen molar-refractivity contribution in [1.29, 1.82) is 0 Å². The molecule has 2 aliphatic rings. The third-order valence-corrected chi connectivity index (χ3v) is 3.50. The average Bonchev–Trinajstić information content (AvgIpc) is 3.29. The van der Waals surface area contributed by atoms with Crippen molar-refractivity contribution in [3.8, 4) is 11.5 Å². The second-order valence-electron chi connectivity index (χ2n) is 5.00. The zero-order valence-corrected chi connectivity index (χ0v) is 11.3. The van der Waals surface area contributed by atoms with E-state index >= 15 is 0 Å². The molecule has 0 bridgehead atoms. The number of amides is 2. The molecule has 108 valence electrons. The van der Waals surface area contributed by atoms with Crippen molar-refractivity contribution in [3.63, 3.8) is 0 Å². The fraction of sp³-hybridized carbons (Fsp3) is 0.500. The van der Waals surface area contributed by atoms with Crippen LogP contribution in [0.15, 0.2) is 18.2 Å². The maximum absolute atomic E-state index is 11.6. The number of nitrogens with one attached hydrogen (secondary N) is 2. The summed E-state index contributed by atoms with van der Waals surface area (Å²) in [4.78, 5) is 16.3. The van der Waals surface area contributed by atoms with Crippen LogP contribution in [0, 0.1) is 5.92 Å². The van der Waals surface area contributed by atoms with Crippen LogP contribution in [0.1, 0.15) is 24.4 Å². The first-order valence-corrected chi connectivity index (χ1v) is 6.77. The zero-order chi connectivity index (χ0) is 13.9. The third-order valence-electron chi connectivity index (χ3n) is 3.50. The number of fused-ring (bicyclic) bond motifs is 1. The molecule has 6 nitrogen and oxygen atoms in total. The van der Waals surface area contributed by atoms with Gasteiger partial charge in [-0.1, -0.05) is 6.07 Å². The number of hydrogen-bond donors (Lipinski definition) is 2. The van der Waals surface area contributed by atoms with Gasteiger partial charge in [0.25, 0.3) is 0 Å². The van der Waals surface area contributed by atoms with Crippen LogP contribution in [-0.4, -0.2) is 26.4 Å². The lowest BCUT2D eigenvalue weighted by molar-refractivity contribution is 0.105. The second-order valence-corrected chi connectivity index (χ2v) is 5.00. The van der Waals surface area contributed by atoms with Gasteiger partial charge >= 0.3 is 6.03 Å². The Hall–Kier alpha value is -1.95. The van der Waals surface area contributed by atoms with Crippen LogP contribution in [0.3, 0.4) is 0 Å². The fourth-order valence-electron chi connectivity index (χ4n) is 2.42. The summed E-state index contributed by atoms with van der Waals surface area (Å²) in [5.41, 5.74) is 3.32. The molecule has 1 aliphatic heterocycles. The van der Waals surface area contributed by atoms with Gasteiger partial charge in [0.05, 0.1) is 13.2 Å². The first-order valence-electron chi connectivity index (χ1n) is 6.77. The average molecular weight is 278 g/mol. The summed E-state index contributed by atoms with van der Waals surface area (Å²) in [5.74, 6) is 1.98. The number of rotatable bonds is 4. The number of hydrogen-bond acceptors (Lipinski definition) is 4. The van der Waals surface area contributed by atoms with Crippen molar-refractivity contribution in [2.24, 2.45) is 5.92 Å². The Morgan fingerprint density at radius 3 is 2.75 bits per heavy atom. The van der Waals surface area contributed by atoms with E-state index in [9.17, 15) is 4.79 Å². The lowest BCUT2D eigenvalue weighted by atomic mass is 10.0. The van der Waals surface area contributed by atoms with Crippen LogP contribution >= 0.6 is 0 Å². The van der Waals surface area contributed by atoms with E-state index in [1.165, 1.54) is 7.11 Å². The molecular formula is C14H18N2O4. The largest absolute Gasteiger partial charge is 0.486 e. The van der Waals surface area contributed by atoms with E-state index < -0.39 is 0 Å². The van der Waals surface area contributed by atoms with Gasteiger partial charge in [-0.15, -0.1) is 0 Å². The number of urea groups is 1. The maximum Gasteiger partial charge on any atom is 0.339 e. The Bertz CT molecular complexity index is 502. The van der Waals surface area contributed by atoms with Gasteiger partial charge < -0.3 is 14.8 Å². The molecule has 1 atom stereocenters. The second kappa shape index (κ2) is 5.58. The molecule has 20 heavy (non-hydrogen) atoms. The molecule has 1 saturated carbocycles. The predicted octanol–water partition coefficient (Wildman–Crippen LogP) is 1.77. The van der Waals surface area contributed by atoms with Crippen LogP contribution in [0.25, 0.3) is 0 Å². The van der Waals surface area contributed by atoms with Crippen LogP contribution in [0.5, 0.6) is 11.5 Å². The van der Waals surface area contributed by atoms with E-state index in [1.807, 2.05) is 18.2 Å². The van der Waals surface area contributed by atoms with Gasteiger partial charge in [0, 0.05) is 0 Å². The highest BCUT2D eigenvalue weighted by molar-refractivity contribution is 5.73. The predicted molar refractivity (Wildman–Crippen MR) is 71.6 cm³/mol. The Kier molecular flexibility index (Phi) is 3.64. The van der Waals surface area contributed by atoms with Crippen molar-refractivity contribution in [1.82, 2.24) is 10.8 Å². The number of carbonyl (C=O) groups is 1. The smallest absolute Gasteiger partial charge is 0.339 e. The molecule has 1 aromatic carbocycles. The van der Waals surface area contributed by atoms with Crippen molar-refractivity contribution < 1.29 is 19.1 Å². The van der Waals surface area contributed by atoms with Crippen LogP contribution in [-0.2, 0) is 4.84 Å². The van der Waals surface area contributed by atoms with E-state index in [1.54, 1.807) is 0 Å². The number of ether oxygens (including phenoxy) is 2. The van der Waals surface area contributed by atoms with Crippen LogP contribution < -0.4 is 20.3 Å². The molecule has 0 aromatic heterocycles. The lowest BCUT2D eigenvalue weighted by Gasteiger charge is -2.23. The van der Waals surface area contributed by atoms with Crippen LogP contribution in [0.2, 0.25) is 0 Å². The van der Waals surface area contributed by atoms with Gasteiger partial charge in [-0.25, -0.2) is 10.3 Å². The molecule has 1 fully saturated rings. The molecule has 1 heterocycles. The summed E-state index contributed by atoms with van der Waals surface area (Å²) in [5, 5.41) is 2.93. The zero-order valence-electron chi connectivity index (χ0n) is 11.3. The topological polar surface area (TPSA) is 68.8 Å². The van der Waals surface area contributed by atoms with Gasteiger partial charge in [-0.3, -0.25) is 4.84 Å². The van der Waals surface area contributed by atoms with Crippen LogP contribution in [0.4, 0.5) is 4.79 Å². The highest BCUT2D eigenvalue weighted by Gasteiger charge is 2.34. The quantitative estimate of drug-likeness (QED) is 0.824. The Labute approximate surface area is 117 Å². The SMILES string of the molecule is CONC(=O)N[C@@H](c1ccc2c(c1)OCCO2)C1CC1. The minimum absolute atomic E-state index is 0.0269. The molecule has 1 aliphatic carbocycles. The van der Waals surface area contributed by atoms with Gasteiger partial charge in [0.1, 0.15) is 13.2 Å². The van der Waals surface area contributed by atoms with Gasteiger partial charge in [-0.05, 0) is 36.5 Å². The summed E-state index contributed by atoms with van der Waals surface area (Å²) in [6.45, 7) is 1.13. The lowest BCUT2D eigenvalue weighted by Crippen LogP contribution is -2.38. The molecule has 0 saturated heterocycles. The number of hydroxylamine groups is 1. The van der Waals surface area contributed by atoms with Crippen molar-refractivity contribution in [3.05, 3.63) is 23.8 Å². The Morgan fingerprint density at radius 1 is 1.30 bits per heavy atom. The minimum Gasteiger partial charge on any atom is -0.486 e. The molecule has 0 radical (unpaired) electrons. The maximum atomic E-state index is 11.6. The van der Waals surface area contributed by atoms with Gasteiger partial charge in [-0.2, -0.15) is 0 Å². The summed E-state index contributed by atoms with van der Waals surface area (Å²) >= 11 is 0. The number of benzene rings is 1. The first kappa shape index (κ1) is 13.1. The van der Waals surface area contributed by atoms with E-state index in [4.69, 9.17) is 9.47 Å². The Balaban J connectivity index is 1.78. The highest BCUT2D eigenvalue weighted by Crippen LogP contribution is 2.43. The molecule has 6 heteroatoms.